The lowest BCUT2D eigenvalue weighted by atomic mass is 9.95. The Morgan fingerprint density at radius 3 is 2.92 bits per heavy atom. The number of amides is 1. The predicted octanol–water partition coefficient (Wildman–Crippen LogP) is -1.05. The first kappa shape index (κ1) is 9.22. The molecule has 0 aromatic heterocycles. The fraction of sp³-hybridized carbons (Fsp3) is 0.625. The topological polar surface area (TPSA) is 66.6 Å². The second-order valence-corrected chi connectivity index (χ2v) is 3.05. The summed E-state index contributed by atoms with van der Waals surface area (Å²) >= 11 is 0. The van der Waals surface area contributed by atoms with E-state index in [-0.39, 0.29) is 24.5 Å². The fourth-order valence-corrected chi connectivity index (χ4v) is 1.45. The van der Waals surface area contributed by atoms with Crippen LogP contribution in [0.25, 0.3) is 0 Å². The second kappa shape index (κ2) is 3.69. The molecule has 4 nitrogen and oxygen atoms in total. The van der Waals surface area contributed by atoms with Crippen molar-refractivity contribution in [3.63, 3.8) is 0 Å². The summed E-state index contributed by atoms with van der Waals surface area (Å²) in [4.78, 5) is 12.8. The van der Waals surface area contributed by atoms with E-state index in [4.69, 9.17) is 10.8 Å². The molecule has 0 aromatic rings. The zero-order valence-electron chi connectivity index (χ0n) is 7.10. The highest BCUT2D eigenvalue weighted by molar-refractivity contribution is 5.79. The number of carbonyl (C=O) groups is 1. The number of hydrogen-bond donors (Lipinski definition) is 2. The van der Waals surface area contributed by atoms with Crippen LogP contribution in [0.15, 0.2) is 12.2 Å². The van der Waals surface area contributed by atoms with Gasteiger partial charge in [0.1, 0.15) is 0 Å². The molecule has 2 unspecified atom stereocenters. The van der Waals surface area contributed by atoms with Gasteiger partial charge in [-0.2, -0.15) is 0 Å². The largest absolute Gasteiger partial charge is 0.395 e. The molecule has 68 valence electrons. The number of primary amides is 1. The average Bonchev–Trinajstić information content (AvgIpc) is 2.03. The molecule has 1 rings (SSSR count). The maximum Gasteiger partial charge on any atom is 0.226 e. The molecule has 0 saturated heterocycles. The van der Waals surface area contributed by atoms with Crippen molar-refractivity contribution in [2.75, 3.05) is 20.2 Å². The molecular weight excluding hydrogens is 156 g/mol. The predicted molar refractivity (Wildman–Crippen MR) is 45.3 cm³/mol. The first-order chi connectivity index (χ1) is 5.66. The minimum absolute atomic E-state index is 0.0333. The van der Waals surface area contributed by atoms with Crippen molar-refractivity contribution in [2.45, 2.75) is 6.04 Å². The molecule has 1 aliphatic heterocycles. The Bertz CT molecular complexity index is 203. The van der Waals surface area contributed by atoms with Crippen LogP contribution in [0.1, 0.15) is 0 Å². The molecular formula is C8H14N2O2. The van der Waals surface area contributed by atoms with Crippen LogP contribution < -0.4 is 5.73 Å². The van der Waals surface area contributed by atoms with E-state index >= 15 is 0 Å². The highest BCUT2D eigenvalue weighted by atomic mass is 16.3. The van der Waals surface area contributed by atoms with Crippen molar-refractivity contribution < 1.29 is 9.90 Å². The van der Waals surface area contributed by atoms with Crippen molar-refractivity contribution in [1.82, 2.24) is 4.90 Å². The third kappa shape index (κ3) is 1.65. The van der Waals surface area contributed by atoms with Gasteiger partial charge in [-0.05, 0) is 7.05 Å². The van der Waals surface area contributed by atoms with Crippen LogP contribution in [0.3, 0.4) is 0 Å². The van der Waals surface area contributed by atoms with E-state index < -0.39 is 0 Å². The maximum atomic E-state index is 10.9. The molecule has 0 saturated carbocycles. The fourth-order valence-electron chi connectivity index (χ4n) is 1.45. The Kier molecular flexibility index (Phi) is 2.83. The normalized spacial score (nSPS) is 30.5. The Morgan fingerprint density at radius 2 is 2.50 bits per heavy atom. The first-order valence-corrected chi connectivity index (χ1v) is 3.94. The van der Waals surface area contributed by atoms with Gasteiger partial charge in [0.2, 0.25) is 5.91 Å². The maximum absolute atomic E-state index is 10.9. The minimum Gasteiger partial charge on any atom is -0.395 e. The van der Waals surface area contributed by atoms with Crippen molar-refractivity contribution in [3.8, 4) is 0 Å². The van der Waals surface area contributed by atoms with Gasteiger partial charge in [-0.3, -0.25) is 9.69 Å². The molecule has 0 aliphatic carbocycles. The highest BCUT2D eigenvalue weighted by Crippen LogP contribution is 2.15. The van der Waals surface area contributed by atoms with Crippen molar-refractivity contribution in [1.29, 1.82) is 0 Å². The molecule has 0 aromatic carbocycles. The first-order valence-electron chi connectivity index (χ1n) is 3.94. The van der Waals surface area contributed by atoms with E-state index in [1.54, 1.807) is 6.08 Å². The van der Waals surface area contributed by atoms with Gasteiger partial charge >= 0.3 is 0 Å². The third-order valence-corrected chi connectivity index (χ3v) is 2.23. The summed E-state index contributed by atoms with van der Waals surface area (Å²) in [6.07, 6.45) is 3.66. The van der Waals surface area contributed by atoms with Gasteiger partial charge in [-0.1, -0.05) is 12.2 Å². The zero-order chi connectivity index (χ0) is 9.14. The summed E-state index contributed by atoms with van der Waals surface area (Å²) in [6, 6.07) is -0.160. The number of rotatable bonds is 2. The summed E-state index contributed by atoms with van der Waals surface area (Å²) in [6.45, 7) is 0.726. The number of nitrogens with zero attached hydrogens (tertiary/aromatic N) is 1. The van der Waals surface area contributed by atoms with Gasteiger partial charge in [0, 0.05) is 12.6 Å². The molecule has 0 radical (unpaired) electrons. The number of aliphatic hydroxyl groups is 1. The molecule has 12 heavy (non-hydrogen) atoms. The van der Waals surface area contributed by atoms with Crippen LogP contribution in [0, 0.1) is 5.92 Å². The Morgan fingerprint density at radius 1 is 1.83 bits per heavy atom. The van der Waals surface area contributed by atoms with E-state index in [2.05, 4.69) is 0 Å². The molecule has 1 aliphatic rings. The molecule has 1 amide bonds. The molecule has 0 spiro atoms. The Labute approximate surface area is 71.7 Å². The standard InChI is InChI=1S/C8H14N2O2/c1-10-4-2-3-6(8(9)12)7(10)5-11/h2-3,6-7,11H,4-5H2,1H3,(H2,9,12). The van der Waals surface area contributed by atoms with Gasteiger partial charge < -0.3 is 10.8 Å². The van der Waals surface area contributed by atoms with Crippen molar-refractivity contribution in [3.05, 3.63) is 12.2 Å². The molecule has 3 N–H and O–H groups in total. The van der Waals surface area contributed by atoms with Gasteiger partial charge in [0.25, 0.3) is 0 Å². The lowest BCUT2D eigenvalue weighted by Crippen LogP contribution is -2.47. The molecule has 1 heterocycles. The van der Waals surface area contributed by atoms with Gasteiger partial charge in [0.05, 0.1) is 12.5 Å². The summed E-state index contributed by atoms with van der Waals surface area (Å²) in [5.41, 5.74) is 5.17. The third-order valence-electron chi connectivity index (χ3n) is 2.23. The average molecular weight is 170 g/mol. The number of nitrogens with two attached hydrogens (primary N) is 1. The van der Waals surface area contributed by atoms with Crippen LogP contribution >= 0.6 is 0 Å². The van der Waals surface area contributed by atoms with Crippen molar-refractivity contribution in [2.24, 2.45) is 11.7 Å². The van der Waals surface area contributed by atoms with E-state index in [1.165, 1.54) is 0 Å². The molecule has 4 heteroatoms. The summed E-state index contributed by atoms with van der Waals surface area (Å²) in [7, 11) is 1.86. The quantitative estimate of drug-likeness (QED) is 0.520. The van der Waals surface area contributed by atoms with Gasteiger partial charge in [-0.15, -0.1) is 0 Å². The van der Waals surface area contributed by atoms with Crippen molar-refractivity contribution >= 4 is 5.91 Å². The molecule has 2 atom stereocenters. The van der Waals surface area contributed by atoms with Crippen LogP contribution in [-0.2, 0) is 4.79 Å². The smallest absolute Gasteiger partial charge is 0.226 e. The number of hydrogen-bond acceptors (Lipinski definition) is 3. The van der Waals surface area contributed by atoms with Crippen LogP contribution in [0.2, 0.25) is 0 Å². The second-order valence-electron chi connectivity index (χ2n) is 3.05. The Balaban J connectivity index is 2.76. The van der Waals surface area contributed by atoms with E-state index in [0.29, 0.717) is 0 Å². The minimum atomic E-state index is -0.378. The number of carbonyl (C=O) groups excluding carboxylic acids is 1. The summed E-state index contributed by atoms with van der Waals surface area (Å²) in [5.74, 6) is -0.731. The molecule has 0 fully saturated rings. The summed E-state index contributed by atoms with van der Waals surface area (Å²) in [5, 5.41) is 9.00. The lowest BCUT2D eigenvalue weighted by molar-refractivity contribution is -0.122. The monoisotopic (exact) mass is 170 g/mol. The SMILES string of the molecule is CN1CC=CC(C(N)=O)C1CO. The Hall–Kier alpha value is -0.870. The van der Waals surface area contributed by atoms with E-state index in [1.807, 2.05) is 18.0 Å². The summed E-state index contributed by atoms with van der Waals surface area (Å²) < 4.78 is 0. The lowest BCUT2D eigenvalue weighted by Gasteiger charge is -2.32. The van der Waals surface area contributed by atoms with Crippen LogP contribution in [-0.4, -0.2) is 42.2 Å². The van der Waals surface area contributed by atoms with Gasteiger partial charge in [0.15, 0.2) is 0 Å². The van der Waals surface area contributed by atoms with Gasteiger partial charge in [-0.25, -0.2) is 0 Å². The molecule has 0 bridgehead atoms. The number of likely N-dealkylation sites (N-methyl/N-ethyl adjacent to an activating group) is 1. The zero-order valence-corrected chi connectivity index (χ0v) is 7.10. The van der Waals surface area contributed by atoms with E-state index in [9.17, 15) is 4.79 Å². The van der Waals surface area contributed by atoms with Crippen LogP contribution in [0.5, 0.6) is 0 Å². The van der Waals surface area contributed by atoms with E-state index in [0.717, 1.165) is 6.54 Å². The number of aliphatic hydroxyl groups excluding tert-OH is 1. The van der Waals surface area contributed by atoms with Crippen LogP contribution in [0.4, 0.5) is 0 Å². The highest BCUT2D eigenvalue weighted by Gasteiger charge is 2.28.